The molecule has 0 saturated carbocycles. The Labute approximate surface area is 106 Å². The number of methoxy groups -OCH3 is 1. The third-order valence-corrected chi connectivity index (χ3v) is 2.61. The quantitative estimate of drug-likeness (QED) is 0.283. The highest BCUT2D eigenvalue weighted by Gasteiger charge is 2.09. The third kappa shape index (κ3) is 2.69. The zero-order valence-corrected chi connectivity index (χ0v) is 10.6. The van der Waals surface area contributed by atoms with Crippen molar-refractivity contribution in [3.63, 3.8) is 0 Å². The van der Waals surface area contributed by atoms with E-state index in [1.807, 2.05) is 25.1 Å². The minimum absolute atomic E-state index is 0.529. The smallest absolute Gasteiger partial charge is 0.179 e. The SMILES string of the molecule is COCCN=C(NN)c1cc2cc(C)ccc2o1. The first-order valence-corrected chi connectivity index (χ1v) is 5.75. The molecule has 5 nitrogen and oxygen atoms in total. The summed E-state index contributed by atoms with van der Waals surface area (Å²) in [6.07, 6.45) is 0. The summed E-state index contributed by atoms with van der Waals surface area (Å²) in [7, 11) is 1.63. The molecule has 1 aromatic heterocycles. The number of hydrazine groups is 1. The van der Waals surface area contributed by atoms with Crippen molar-refractivity contribution < 1.29 is 9.15 Å². The molecule has 96 valence electrons. The average molecular weight is 247 g/mol. The zero-order chi connectivity index (χ0) is 13.0. The molecule has 0 bridgehead atoms. The van der Waals surface area contributed by atoms with E-state index in [1.165, 1.54) is 5.56 Å². The number of furan rings is 1. The third-order valence-electron chi connectivity index (χ3n) is 2.61. The Balaban J connectivity index is 2.30. The van der Waals surface area contributed by atoms with Gasteiger partial charge < -0.3 is 14.6 Å². The molecule has 2 aromatic rings. The Morgan fingerprint density at radius 2 is 2.28 bits per heavy atom. The van der Waals surface area contributed by atoms with Gasteiger partial charge in [0.15, 0.2) is 11.6 Å². The van der Waals surface area contributed by atoms with E-state index < -0.39 is 0 Å². The fourth-order valence-corrected chi connectivity index (χ4v) is 1.72. The summed E-state index contributed by atoms with van der Waals surface area (Å²) >= 11 is 0. The summed E-state index contributed by atoms with van der Waals surface area (Å²) in [5.41, 5.74) is 4.57. The lowest BCUT2D eigenvalue weighted by Crippen LogP contribution is -2.31. The lowest BCUT2D eigenvalue weighted by molar-refractivity contribution is 0.208. The van der Waals surface area contributed by atoms with Crippen molar-refractivity contribution in [3.8, 4) is 0 Å². The van der Waals surface area contributed by atoms with Crippen molar-refractivity contribution in [1.29, 1.82) is 0 Å². The molecule has 0 fully saturated rings. The Bertz CT molecular complexity index is 560. The van der Waals surface area contributed by atoms with Crippen LogP contribution in [0, 0.1) is 6.92 Å². The summed E-state index contributed by atoms with van der Waals surface area (Å²) in [4.78, 5) is 4.28. The van der Waals surface area contributed by atoms with Crippen LogP contribution in [0.15, 0.2) is 33.7 Å². The second-order valence-electron chi connectivity index (χ2n) is 4.02. The zero-order valence-electron chi connectivity index (χ0n) is 10.6. The van der Waals surface area contributed by atoms with E-state index in [9.17, 15) is 0 Å². The highest BCUT2D eigenvalue weighted by molar-refractivity contribution is 5.99. The highest BCUT2D eigenvalue weighted by Crippen LogP contribution is 2.20. The number of nitrogens with one attached hydrogen (secondary N) is 1. The number of benzene rings is 1. The molecular weight excluding hydrogens is 230 g/mol. The number of amidine groups is 1. The molecule has 3 N–H and O–H groups in total. The number of hydrogen-bond acceptors (Lipinski definition) is 4. The Morgan fingerprint density at radius 3 is 3.00 bits per heavy atom. The Kier molecular flexibility index (Phi) is 3.96. The summed E-state index contributed by atoms with van der Waals surface area (Å²) in [5, 5.41) is 1.04. The normalized spacial score (nSPS) is 12.1. The van der Waals surface area contributed by atoms with Crippen LogP contribution in [-0.4, -0.2) is 26.1 Å². The molecule has 0 saturated heterocycles. The van der Waals surface area contributed by atoms with Crippen LogP contribution in [0.5, 0.6) is 0 Å². The minimum atomic E-state index is 0.529. The lowest BCUT2D eigenvalue weighted by atomic mass is 10.2. The number of ether oxygens (including phenoxy) is 1. The maximum Gasteiger partial charge on any atom is 0.179 e. The topological polar surface area (TPSA) is 72.8 Å². The minimum Gasteiger partial charge on any atom is -0.453 e. The van der Waals surface area contributed by atoms with Gasteiger partial charge in [-0.2, -0.15) is 0 Å². The summed E-state index contributed by atoms with van der Waals surface area (Å²) in [5.74, 6) is 6.62. The van der Waals surface area contributed by atoms with Crippen molar-refractivity contribution >= 4 is 16.8 Å². The second kappa shape index (κ2) is 5.66. The molecule has 1 heterocycles. The monoisotopic (exact) mass is 247 g/mol. The number of aryl methyl sites for hydroxylation is 1. The molecule has 0 aliphatic rings. The number of hydrogen-bond donors (Lipinski definition) is 2. The fraction of sp³-hybridized carbons (Fsp3) is 0.308. The van der Waals surface area contributed by atoms with Crippen LogP contribution in [0.1, 0.15) is 11.3 Å². The summed E-state index contributed by atoms with van der Waals surface area (Å²) in [6.45, 7) is 3.12. The molecule has 0 amide bonds. The first-order chi connectivity index (χ1) is 8.74. The molecule has 18 heavy (non-hydrogen) atoms. The van der Waals surface area contributed by atoms with Crippen molar-refractivity contribution in [2.75, 3.05) is 20.3 Å². The predicted octanol–water partition coefficient (Wildman–Crippen LogP) is 1.60. The Hall–Kier alpha value is -1.85. The standard InChI is InChI=1S/C13H17N3O2/c1-9-3-4-11-10(7-9)8-12(18-11)13(16-14)15-5-6-17-2/h3-4,7-8H,5-6,14H2,1-2H3,(H,15,16). The van der Waals surface area contributed by atoms with Crippen LogP contribution in [0.25, 0.3) is 11.0 Å². The van der Waals surface area contributed by atoms with Gasteiger partial charge in [0.25, 0.3) is 0 Å². The molecule has 0 atom stereocenters. The van der Waals surface area contributed by atoms with Gasteiger partial charge in [0, 0.05) is 12.5 Å². The number of nitrogens with zero attached hydrogens (tertiary/aromatic N) is 1. The molecule has 0 radical (unpaired) electrons. The molecule has 1 aromatic carbocycles. The van der Waals surface area contributed by atoms with E-state index in [0.717, 1.165) is 11.0 Å². The van der Waals surface area contributed by atoms with Crippen LogP contribution < -0.4 is 11.3 Å². The van der Waals surface area contributed by atoms with Crippen molar-refractivity contribution in [3.05, 3.63) is 35.6 Å². The maximum atomic E-state index is 5.69. The van der Waals surface area contributed by atoms with Crippen molar-refractivity contribution in [2.24, 2.45) is 10.8 Å². The average Bonchev–Trinajstić information content (AvgIpc) is 2.77. The van der Waals surface area contributed by atoms with Gasteiger partial charge >= 0.3 is 0 Å². The second-order valence-corrected chi connectivity index (χ2v) is 4.02. The number of aliphatic imine (C=N–C) groups is 1. The van der Waals surface area contributed by atoms with Gasteiger partial charge in [0.1, 0.15) is 5.58 Å². The van der Waals surface area contributed by atoms with E-state index in [0.29, 0.717) is 24.7 Å². The molecule has 0 aliphatic heterocycles. The van der Waals surface area contributed by atoms with Crippen LogP contribution in [0.2, 0.25) is 0 Å². The molecule has 5 heteroatoms. The number of rotatable bonds is 4. The molecule has 0 unspecified atom stereocenters. The van der Waals surface area contributed by atoms with Gasteiger partial charge in [-0.05, 0) is 25.1 Å². The van der Waals surface area contributed by atoms with Crippen molar-refractivity contribution in [2.45, 2.75) is 6.92 Å². The van der Waals surface area contributed by atoms with Gasteiger partial charge in [0.05, 0.1) is 13.2 Å². The van der Waals surface area contributed by atoms with Crippen LogP contribution >= 0.6 is 0 Å². The molecule has 0 aliphatic carbocycles. The summed E-state index contributed by atoms with van der Waals surface area (Å²) in [6, 6.07) is 7.93. The van der Waals surface area contributed by atoms with E-state index in [4.69, 9.17) is 15.0 Å². The Morgan fingerprint density at radius 1 is 1.44 bits per heavy atom. The van der Waals surface area contributed by atoms with Crippen LogP contribution in [0.3, 0.4) is 0 Å². The van der Waals surface area contributed by atoms with E-state index in [1.54, 1.807) is 7.11 Å². The molecule has 2 rings (SSSR count). The van der Waals surface area contributed by atoms with Gasteiger partial charge in [0.2, 0.25) is 0 Å². The van der Waals surface area contributed by atoms with Gasteiger partial charge in [-0.1, -0.05) is 11.6 Å². The number of nitrogens with two attached hydrogens (primary N) is 1. The fourth-order valence-electron chi connectivity index (χ4n) is 1.72. The van der Waals surface area contributed by atoms with Gasteiger partial charge in [-0.15, -0.1) is 0 Å². The molecule has 0 spiro atoms. The highest BCUT2D eigenvalue weighted by atomic mass is 16.5. The first-order valence-electron chi connectivity index (χ1n) is 5.75. The largest absolute Gasteiger partial charge is 0.453 e. The van der Waals surface area contributed by atoms with E-state index in [-0.39, 0.29) is 0 Å². The maximum absolute atomic E-state index is 5.69. The summed E-state index contributed by atoms with van der Waals surface area (Å²) < 4.78 is 10.6. The lowest BCUT2D eigenvalue weighted by Gasteiger charge is -2.01. The first kappa shape index (κ1) is 12.6. The van der Waals surface area contributed by atoms with E-state index >= 15 is 0 Å². The van der Waals surface area contributed by atoms with Gasteiger partial charge in [-0.3, -0.25) is 4.99 Å². The van der Waals surface area contributed by atoms with Crippen molar-refractivity contribution in [1.82, 2.24) is 5.43 Å². The molecular formula is C13H17N3O2. The predicted molar refractivity (Wildman–Crippen MR) is 71.6 cm³/mol. The van der Waals surface area contributed by atoms with E-state index in [2.05, 4.69) is 16.5 Å². The van der Waals surface area contributed by atoms with Crippen LogP contribution in [0.4, 0.5) is 0 Å². The number of fused-ring (bicyclic) bond motifs is 1. The van der Waals surface area contributed by atoms with Crippen LogP contribution in [-0.2, 0) is 4.74 Å². The van der Waals surface area contributed by atoms with Gasteiger partial charge in [-0.25, -0.2) is 5.84 Å².